The number of aryl methyl sites for hydroxylation is 2. The minimum Gasteiger partial charge on any atom is -0.481 e. The Morgan fingerprint density at radius 1 is 1.06 bits per heavy atom. The van der Waals surface area contributed by atoms with Crippen LogP contribution in [0.25, 0.3) is 10.9 Å². The fourth-order valence-electron chi connectivity index (χ4n) is 5.60. The molecule has 0 aliphatic carbocycles. The normalized spacial score (nSPS) is 19.0. The number of fused-ring (bicyclic) bond motifs is 3. The maximum absolute atomic E-state index is 14.1. The van der Waals surface area contributed by atoms with E-state index in [0.717, 1.165) is 55.7 Å². The molecule has 33 heavy (non-hydrogen) atoms. The van der Waals surface area contributed by atoms with Gasteiger partial charge < -0.3 is 19.2 Å². The molecule has 2 aromatic carbocycles. The Balaban J connectivity index is 1.41. The molecule has 2 aliphatic rings. The number of ether oxygens (including phenoxy) is 1. The minimum absolute atomic E-state index is 0.0557. The van der Waals surface area contributed by atoms with Gasteiger partial charge in [0, 0.05) is 58.6 Å². The van der Waals surface area contributed by atoms with E-state index in [2.05, 4.69) is 32.9 Å². The highest BCUT2D eigenvalue weighted by molar-refractivity contribution is 6.31. The molecule has 2 aliphatic heterocycles. The van der Waals surface area contributed by atoms with E-state index >= 15 is 0 Å². The fraction of sp³-hybridized carbons (Fsp3) is 0.296. The number of carbonyl (C=O) groups is 1. The first-order valence-corrected chi connectivity index (χ1v) is 11.9. The van der Waals surface area contributed by atoms with Crippen LogP contribution in [0.1, 0.15) is 28.8 Å². The molecule has 168 valence electrons. The second kappa shape index (κ2) is 8.08. The molecule has 5 nitrogen and oxygen atoms in total. The van der Waals surface area contributed by atoms with E-state index in [1.807, 2.05) is 54.7 Å². The van der Waals surface area contributed by atoms with Gasteiger partial charge in [0.25, 0.3) is 0 Å². The van der Waals surface area contributed by atoms with Gasteiger partial charge in [-0.2, -0.15) is 0 Å². The molecular weight excluding hydrogens is 434 g/mol. The number of carbonyl (C=O) groups excluding carboxylic acids is 1. The Bertz CT molecular complexity index is 1320. The van der Waals surface area contributed by atoms with Crippen LogP contribution in [0, 0.1) is 0 Å². The van der Waals surface area contributed by atoms with E-state index in [1.54, 1.807) is 0 Å². The van der Waals surface area contributed by atoms with Gasteiger partial charge in [-0.1, -0.05) is 35.9 Å². The zero-order chi connectivity index (χ0) is 22.4. The Morgan fingerprint density at radius 2 is 1.85 bits per heavy atom. The van der Waals surface area contributed by atoms with Crippen molar-refractivity contribution >= 4 is 28.3 Å². The summed E-state index contributed by atoms with van der Waals surface area (Å²) in [4.78, 5) is 14.1. The molecule has 1 atom stereocenters. The van der Waals surface area contributed by atoms with E-state index in [0.29, 0.717) is 10.6 Å². The van der Waals surface area contributed by atoms with Crippen LogP contribution in [0.2, 0.25) is 5.02 Å². The van der Waals surface area contributed by atoms with Crippen LogP contribution in [0.5, 0.6) is 5.75 Å². The van der Waals surface area contributed by atoms with Crippen molar-refractivity contribution < 1.29 is 9.53 Å². The molecule has 2 aromatic heterocycles. The zero-order valence-electron chi connectivity index (χ0n) is 18.3. The molecule has 0 unspecified atom stereocenters. The monoisotopic (exact) mass is 459 g/mol. The number of hydrogen-bond donors (Lipinski definition) is 1. The first-order valence-electron chi connectivity index (χ1n) is 11.6. The number of benzene rings is 2. The average molecular weight is 460 g/mol. The van der Waals surface area contributed by atoms with Crippen molar-refractivity contribution in [2.45, 2.75) is 37.5 Å². The summed E-state index contributed by atoms with van der Waals surface area (Å²) in [6, 6.07) is 18.0. The summed E-state index contributed by atoms with van der Waals surface area (Å²) in [5.41, 5.74) is 2.58. The van der Waals surface area contributed by atoms with Crippen LogP contribution in [0.4, 0.5) is 0 Å². The third kappa shape index (κ3) is 3.38. The van der Waals surface area contributed by atoms with Crippen molar-refractivity contribution in [2.24, 2.45) is 0 Å². The first kappa shape index (κ1) is 20.6. The van der Waals surface area contributed by atoms with Crippen molar-refractivity contribution in [1.82, 2.24) is 14.5 Å². The Labute approximate surface area is 197 Å². The predicted octanol–water partition coefficient (Wildman–Crippen LogP) is 5.06. The second-order valence-electron chi connectivity index (χ2n) is 9.08. The second-order valence-corrected chi connectivity index (χ2v) is 9.52. The maximum Gasteiger partial charge on any atom is 0.206 e. The first-order chi connectivity index (χ1) is 16.2. The number of Topliss-reactive ketones (excluding diaryl/α,β-unsaturated/α-hetero) is 1. The smallest absolute Gasteiger partial charge is 0.206 e. The quantitative estimate of drug-likeness (QED) is 0.424. The van der Waals surface area contributed by atoms with Crippen LogP contribution in [0.3, 0.4) is 0 Å². The summed E-state index contributed by atoms with van der Waals surface area (Å²) in [5.74, 6) is 0.900. The van der Waals surface area contributed by atoms with Gasteiger partial charge in [-0.25, -0.2) is 0 Å². The number of ketones is 1. The Kier molecular flexibility index (Phi) is 5.04. The SMILES string of the molecule is O=C(c1cn(CCn2cccc2)c2cc(Cl)ccc12)[C@@H]1Oc2ccccc2C12CCNCC2. The standard InChI is InChI=1S/C27H26ClN3O2/c28-19-7-8-20-21(18-31(23(20)17-19)16-15-30-13-3-4-14-30)25(32)26-27(9-11-29-12-10-27)22-5-1-2-6-24(22)33-26/h1-8,13-14,17-18,26,29H,9-12,15-16H2/t26-/m0/s1. The summed E-state index contributed by atoms with van der Waals surface area (Å²) in [5, 5.41) is 5.05. The average Bonchev–Trinajstić information content (AvgIpc) is 3.55. The molecule has 6 rings (SSSR count). The zero-order valence-corrected chi connectivity index (χ0v) is 19.1. The van der Waals surface area contributed by atoms with Gasteiger partial charge in [0.05, 0.1) is 5.52 Å². The van der Waals surface area contributed by atoms with Crippen LogP contribution >= 0.6 is 11.6 Å². The molecule has 4 heterocycles. The molecule has 4 aromatic rings. The van der Waals surface area contributed by atoms with Gasteiger partial charge in [0.2, 0.25) is 5.78 Å². The highest BCUT2D eigenvalue weighted by Gasteiger charge is 2.52. The number of nitrogens with one attached hydrogen (secondary N) is 1. The molecule has 0 amide bonds. The fourth-order valence-corrected chi connectivity index (χ4v) is 5.77. The number of piperidine rings is 1. The van der Waals surface area contributed by atoms with Crippen molar-refractivity contribution in [3.63, 3.8) is 0 Å². The predicted molar refractivity (Wildman–Crippen MR) is 130 cm³/mol. The third-order valence-electron chi connectivity index (χ3n) is 7.28. The van der Waals surface area contributed by atoms with Crippen LogP contribution < -0.4 is 10.1 Å². The molecule has 1 fully saturated rings. The number of halogens is 1. The van der Waals surface area contributed by atoms with E-state index in [9.17, 15) is 4.79 Å². The summed E-state index contributed by atoms with van der Waals surface area (Å²) in [6.45, 7) is 3.34. The van der Waals surface area contributed by atoms with Crippen molar-refractivity contribution in [2.75, 3.05) is 13.1 Å². The lowest BCUT2D eigenvalue weighted by atomic mass is 9.68. The summed E-state index contributed by atoms with van der Waals surface area (Å²) in [7, 11) is 0. The number of hydrogen-bond acceptors (Lipinski definition) is 3. The molecule has 6 heteroatoms. The topological polar surface area (TPSA) is 48.2 Å². The maximum atomic E-state index is 14.1. The number of para-hydroxylation sites is 1. The van der Waals surface area contributed by atoms with Crippen molar-refractivity contribution in [1.29, 1.82) is 0 Å². The van der Waals surface area contributed by atoms with Crippen molar-refractivity contribution in [3.05, 3.63) is 89.3 Å². The lowest BCUT2D eigenvalue weighted by molar-refractivity contribution is 0.0649. The lowest BCUT2D eigenvalue weighted by Crippen LogP contribution is -2.50. The van der Waals surface area contributed by atoms with Crippen LogP contribution in [-0.2, 0) is 18.5 Å². The molecule has 0 bridgehead atoms. The largest absolute Gasteiger partial charge is 0.481 e. The Hall–Kier alpha value is -3.02. The highest BCUT2D eigenvalue weighted by atomic mass is 35.5. The highest BCUT2D eigenvalue weighted by Crippen LogP contribution is 2.49. The van der Waals surface area contributed by atoms with Gasteiger partial charge >= 0.3 is 0 Å². The summed E-state index contributed by atoms with van der Waals surface area (Å²) < 4.78 is 10.7. The van der Waals surface area contributed by atoms with Gasteiger partial charge in [0.15, 0.2) is 6.10 Å². The van der Waals surface area contributed by atoms with Gasteiger partial charge in [-0.3, -0.25) is 4.79 Å². The Morgan fingerprint density at radius 3 is 2.67 bits per heavy atom. The number of aromatic nitrogens is 2. The van der Waals surface area contributed by atoms with Gasteiger partial charge in [-0.15, -0.1) is 0 Å². The summed E-state index contributed by atoms with van der Waals surface area (Å²) in [6.07, 6.45) is 7.35. The molecule has 0 radical (unpaired) electrons. The minimum atomic E-state index is -0.517. The van der Waals surface area contributed by atoms with E-state index in [-0.39, 0.29) is 11.2 Å². The van der Waals surface area contributed by atoms with Gasteiger partial charge in [0.1, 0.15) is 5.75 Å². The third-order valence-corrected chi connectivity index (χ3v) is 7.51. The van der Waals surface area contributed by atoms with E-state index < -0.39 is 6.10 Å². The molecule has 1 N–H and O–H groups in total. The summed E-state index contributed by atoms with van der Waals surface area (Å²) >= 11 is 6.35. The van der Waals surface area contributed by atoms with Crippen LogP contribution in [-0.4, -0.2) is 34.1 Å². The van der Waals surface area contributed by atoms with E-state index in [4.69, 9.17) is 16.3 Å². The molecule has 1 saturated heterocycles. The lowest BCUT2D eigenvalue weighted by Gasteiger charge is -2.37. The molecular formula is C27H26ClN3O2. The van der Waals surface area contributed by atoms with Gasteiger partial charge in [-0.05, 0) is 56.3 Å². The molecule has 1 spiro atoms. The van der Waals surface area contributed by atoms with Crippen molar-refractivity contribution in [3.8, 4) is 5.75 Å². The molecule has 0 saturated carbocycles. The van der Waals surface area contributed by atoms with E-state index in [1.165, 1.54) is 5.56 Å². The van der Waals surface area contributed by atoms with Crippen LogP contribution in [0.15, 0.2) is 73.2 Å². The number of nitrogens with zero attached hydrogens (tertiary/aromatic N) is 2. The number of rotatable bonds is 5.